The lowest BCUT2D eigenvalue weighted by atomic mass is 10.1. The monoisotopic (exact) mass is 415 g/mol. The molecule has 9 heteroatoms. The van der Waals surface area contributed by atoms with Gasteiger partial charge >= 0.3 is 5.97 Å². The lowest BCUT2D eigenvalue weighted by Gasteiger charge is -2.15. The molecule has 0 aliphatic carbocycles. The Balaban J connectivity index is 2.01. The molecule has 0 aliphatic rings. The zero-order valence-electron chi connectivity index (χ0n) is 16.8. The van der Waals surface area contributed by atoms with E-state index in [1.807, 2.05) is 0 Å². The maximum atomic E-state index is 12.3. The van der Waals surface area contributed by atoms with E-state index in [-0.39, 0.29) is 29.3 Å². The minimum atomic E-state index is -1.17. The molecule has 154 valence electrons. The minimum Gasteiger partial charge on any atom is -0.457 e. The Morgan fingerprint density at radius 1 is 1.14 bits per heavy atom. The van der Waals surface area contributed by atoms with Crippen molar-refractivity contribution in [2.24, 2.45) is 0 Å². The number of nitrogens with zero attached hydrogens (tertiary/aromatic N) is 2. The SMILES string of the molecule is C[Si](C)(C)CCCNC(=O)c1ccc(COC(=O)c2ccncc2)c([N+](=O)[O-])c1. The molecule has 1 N–H and O–H groups in total. The number of carbonyl (C=O) groups excluding carboxylic acids is 2. The maximum Gasteiger partial charge on any atom is 0.338 e. The zero-order valence-corrected chi connectivity index (χ0v) is 17.8. The Morgan fingerprint density at radius 3 is 2.45 bits per heavy atom. The van der Waals surface area contributed by atoms with E-state index in [2.05, 4.69) is 29.9 Å². The van der Waals surface area contributed by atoms with Crippen molar-refractivity contribution in [1.29, 1.82) is 0 Å². The number of esters is 1. The van der Waals surface area contributed by atoms with E-state index in [1.165, 1.54) is 42.7 Å². The fourth-order valence-corrected chi connectivity index (χ4v) is 3.87. The topological polar surface area (TPSA) is 111 Å². The molecule has 0 unspecified atom stereocenters. The summed E-state index contributed by atoms with van der Waals surface area (Å²) in [5.41, 5.74) is 0.459. The summed E-state index contributed by atoms with van der Waals surface area (Å²) in [5.74, 6) is -0.963. The third-order valence-electron chi connectivity index (χ3n) is 4.21. The second-order valence-corrected chi connectivity index (χ2v) is 13.5. The number of nitrogens with one attached hydrogen (secondary N) is 1. The average Bonchev–Trinajstić information content (AvgIpc) is 2.69. The Hall–Kier alpha value is -3.07. The first-order chi connectivity index (χ1) is 13.7. The van der Waals surface area contributed by atoms with Gasteiger partial charge in [-0.2, -0.15) is 0 Å². The normalized spacial score (nSPS) is 11.0. The number of hydrogen-bond acceptors (Lipinski definition) is 6. The minimum absolute atomic E-state index is 0.203. The number of benzene rings is 1. The first-order valence-corrected chi connectivity index (χ1v) is 13.0. The molecule has 0 radical (unpaired) electrons. The van der Waals surface area contributed by atoms with Crippen molar-refractivity contribution < 1.29 is 19.2 Å². The van der Waals surface area contributed by atoms with Crippen LogP contribution >= 0.6 is 0 Å². The second-order valence-electron chi connectivity index (χ2n) is 7.83. The molecule has 2 aromatic rings. The number of hydrogen-bond donors (Lipinski definition) is 1. The Bertz CT molecular complexity index is 881. The standard InChI is InChI=1S/C20H25N3O5Si/c1-29(2,3)12-4-9-22-19(24)16-5-6-17(18(13-16)23(26)27)14-28-20(25)15-7-10-21-11-8-15/h5-8,10-11,13H,4,9,12,14H2,1-3H3,(H,22,24). The fraction of sp³-hybridized carbons (Fsp3) is 0.350. The number of nitro benzene ring substituents is 1. The van der Waals surface area contributed by atoms with Crippen LogP contribution in [0.5, 0.6) is 0 Å². The molecule has 0 fully saturated rings. The summed E-state index contributed by atoms with van der Waals surface area (Å²) in [7, 11) is -1.17. The number of aromatic nitrogens is 1. The van der Waals surface area contributed by atoms with Crippen molar-refractivity contribution in [3.63, 3.8) is 0 Å². The van der Waals surface area contributed by atoms with Crippen molar-refractivity contribution in [2.45, 2.75) is 38.7 Å². The van der Waals surface area contributed by atoms with Gasteiger partial charge in [0.2, 0.25) is 0 Å². The van der Waals surface area contributed by atoms with E-state index in [9.17, 15) is 19.7 Å². The summed E-state index contributed by atoms with van der Waals surface area (Å²) in [4.78, 5) is 38.9. The van der Waals surface area contributed by atoms with Crippen molar-refractivity contribution >= 4 is 25.6 Å². The third kappa shape index (κ3) is 7.11. The lowest BCUT2D eigenvalue weighted by molar-refractivity contribution is -0.385. The molecular formula is C20H25N3O5Si. The highest BCUT2D eigenvalue weighted by Crippen LogP contribution is 2.22. The molecule has 1 aromatic heterocycles. The maximum absolute atomic E-state index is 12.3. The van der Waals surface area contributed by atoms with Crippen LogP contribution < -0.4 is 5.32 Å². The fourth-order valence-electron chi connectivity index (χ4n) is 2.63. The molecule has 0 saturated heterocycles. The molecule has 2 rings (SSSR count). The van der Waals surface area contributed by atoms with Gasteiger partial charge in [0.05, 0.1) is 16.1 Å². The number of ether oxygens (including phenoxy) is 1. The Labute approximate surface area is 170 Å². The van der Waals surface area contributed by atoms with Crippen molar-refractivity contribution in [1.82, 2.24) is 10.3 Å². The zero-order chi connectivity index (χ0) is 21.4. The molecule has 8 nitrogen and oxygen atoms in total. The van der Waals surface area contributed by atoms with Gasteiger partial charge in [-0.15, -0.1) is 0 Å². The molecule has 1 aromatic carbocycles. The lowest BCUT2D eigenvalue weighted by Crippen LogP contribution is -2.27. The number of carbonyl (C=O) groups is 2. The number of nitro groups is 1. The van der Waals surface area contributed by atoms with Crippen molar-refractivity contribution in [3.05, 3.63) is 69.5 Å². The van der Waals surface area contributed by atoms with Crippen molar-refractivity contribution in [3.8, 4) is 0 Å². The average molecular weight is 416 g/mol. The number of amides is 1. The predicted molar refractivity (Wildman–Crippen MR) is 112 cm³/mol. The molecule has 0 atom stereocenters. The van der Waals surface area contributed by atoms with Crippen LogP contribution in [0.3, 0.4) is 0 Å². The van der Waals surface area contributed by atoms with Gasteiger partial charge in [-0.3, -0.25) is 19.9 Å². The van der Waals surface area contributed by atoms with Gasteiger partial charge in [0, 0.05) is 38.6 Å². The van der Waals surface area contributed by atoms with Crippen LogP contribution in [0.2, 0.25) is 25.7 Å². The van der Waals surface area contributed by atoms with Crippen LogP contribution in [0.4, 0.5) is 5.69 Å². The molecule has 1 heterocycles. The predicted octanol–water partition coefficient (Wildman–Crippen LogP) is 3.80. The Kier molecular flexibility index (Phi) is 7.60. The second kappa shape index (κ2) is 9.92. The molecule has 0 bridgehead atoms. The van der Waals surface area contributed by atoms with E-state index < -0.39 is 19.0 Å². The quantitative estimate of drug-likeness (QED) is 0.219. The highest BCUT2D eigenvalue weighted by molar-refractivity contribution is 6.76. The summed E-state index contributed by atoms with van der Waals surface area (Å²) in [5, 5.41) is 14.2. The van der Waals surface area contributed by atoms with Crippen LogP contribution in [-0.2, 0) is 11.3 Å². The Morgan fingerprint density at radius 2 is 1.83 bits per heavy atom. The highest BCUT2D eigenvalue weighted by atomic mass is 28.3. The summed E-state index contributed by atoms with van der Waals surface area (Å²) in [6.45, 7) is 7.05. The third-order valence-corrected chi connectivity index (χ3v) is 6.06. The van der Waals surface area contributed by atoms with Crippen LogP contribution in [-0.4, -0.2) is 36.4 Å². The van der Waals surface area contributed by atoms with Gasteiger partial charge in [0.1, 0.15) is 6.61 Å². The smallest absolute Gasteiger partial charge is 0.338 e. The van der Waals surface area contributed by atoms with Crippen LogP contribution in [0.15, 0.2) is 42.7 Å². The first-order valence-electron chi connectivity index (χ1n) is 9.30. The van der Waals surface area contributed by atoms with Gasteiger partial charge in [-0.05, 0) is 30.7 Å². The van der Waals surface area contributed by atoms with Gasteiger partial charge in [-0.1, -0.05) is 25.7 Å². The molecule has 1 amide bonds. The van der Waals surface area contributed by atoms with E-state index in [0.29, 0.717) is 12.1 Å². The van der Waals surface area contributed by atoms with E-state index in [0.717, 1.165) is 12.5 Å². The summed E-state index contributed by atoms with van der Waals surface area (Å²) >= 11 is 0. The molecular weight excluding hydrogens is 390 g/mol. The van der Waals surface area contributed by atoms with Gasteiger partial charge < -0.3 is 10.1 Å². The van der Waals surface area contributed by atoms with E-state index >= 15 is 0 Å². The molecule has 29 heavy (non-hydrogen) atoms. The molecule has 0 aliphatic heterocycles. The van der Waals surface area contributed by atoms with Crippen LogP contribution in [0.25, 0.3) is 0 Å². The number of pyridine rings is 1. The number of rotatable bonds is 9. The van der Waals surface area contributed by atoms with Gasteiger partial charge in [0.15, 0.2) is 0 Å². The summed E-state index contributed by atoms with van der Waals surface area (Å²) < 4.78 is 5.15. The summed E-state index contributed by atoms with van der Waals surface area (Å²) in [6.07, 6.45) is 3.79. The first kappa shape index (κ1) is 22.2. The molecule has 0 spiro atoms. The van der Waals surface area contributed by atoms with Crippen molar-refractivity contribution in [2.75, 3.05) is 6.54 Å². The van der Waals surface area contributed by atoms with Gasteiger partial charge in [-0.25, -0.2) is 4.79 Å². The largest absolute Gasteiger partial charge is 0.457 e. The highest BCUT2D eigenvalue weighted by Gasteiger charge is 2.19. The molecule has 0 saturated carbocycles. The van der Waals surface area contributed by atoms with Gasteiger partial charge in [0.25, 0.3) is 11.6 Å². The van der Waals surface area contributed by atoms with Crippen LogP contribution in [0.1, 0.15) is 32.7 Å². The summed E-state index contributed by atoms with van der Waals surface area (Å²) in [6, 6.07) is 8.22. The van der Waals surface area contributed by atoms with E-state index in [1.54, 1.807) is 0 Å². The van der Waals surface area contributed by atoms with E-state index in [4.69, 9.17) is 4.74 Å². The van der Waals surface area contributed by atoms with Crippen LogP contribution in [0, 0.1) is 10.1 Å².